The van der Waals surface area contributed by atoms with E-state index in [4.69, 9.17) is 9.88 Å². The Bertz CT molecular complexity index is 374. The second-order valence-electron chi connectivity index (χ2n) is 2.08. The molecule has 1 heterocycles. The van der Waals surface area contributed by atoms with Crippen molar-refractivity contribution in [2.45, 2.75) is 4.90 Å². The normalized spacial score (nSPS) is 11.2. The number of nitrogens with two attached hydrogens (primary N) is 1. The lowest BCUT2D eigenvalue weighted by molar-refractivity contribution is 0.396. The fraction of sp³-hybridized carbons (Fsp3) is 0.167. The highest BCUT2D eigenvalue weighted by atomic mass is 32.2. The van der Waals surface area contributed by atoms with E-state index in [1.165, 1.54) is 25.4 Å². The highest BCUT2D eigenvalue weighted by Crippen LogP contribution is 2.11. The van der Waals surface area contributed by atoms with Gasteiger partial charge in [-0.2, -0.15) is 0 Å². The molecule has 6 heteroatoms. The maximum atomic E-state index is 10.8. The molecule has 0 aliphatic heterocycles. The summed E-state index contributed by atoms with van der Waals surface area (Å²) in [4.78, 5) is 3.72. The van der Waals surface area contributed by atoms with Crippen LogP contribution in [0.3, 0.4) is 0 Å². The van der Waals surface area contributed by atoms with Crippen LogP contribution in [0.4, 0.5) is 0 Å². The van der Waals surface area contributed by atoms with Gasteiger partial charge in [0.05, 0.1) is 12.0 Å². The van der Waals surface area contributed by atoms with E-state index in [-0.39, 0.29) is 10.8 Å². The van der Waals surface area contributed by atoms with Crippen molar-refractivity contribution in [3.8, 4) is 5.88 Å². The number of sulfonamides is 1. The highest BCUT2D eigenvalue weighted by molar-refractivity contribution is 7.89. The van der Waals surface area contributed by atoms with Crippen LogP contribution < -0.4 is 9.88 Å². The predicted molar refractivity (Wildman–Crippen MR) is 42.2 cm³/mol. The number of ether oxygens (including phenoxy) is 1. The minimum Gasteiger partial charge on any atom is -0.481 e. The molecule has 1 rings (SSSR count). The first-order valence-corrected chi connectivity index (χ1v) is 4.61. The molecule has 0 atom stereocenters. The predicted octanol–water partition coefficient (Wildman–Crippen LogP) is -0.262. The van der Waals surface area contributed by atoms with Crippen molar-refractivity contribution in [1.82, 2.24) is 4.98 Å². The Hall–Kier alpha value is -1.14. The Morgan fingerprint density at radius 3 is 2.75 bits per heavy atom. The molecule has 1 aromatic rings. The van der Waals surface area contributed by atoms with Crippen molar-refractivity contribution in [2.24, 2.45) is 5.14 Å². The van der Waals surface area contributed by atoms with Gasteiger partial charge in [0, 0.05) is 12.3 Å². The van der Waals surface area contributed by atoms with Crippen molar-refractivity contribution in [2.75, 3.05) is 7.11 Å². The topological polar surface area (TPSA) is 82.3 Å². The van der Waals surface area contributed by atoms with Crippen LogP contribution in [0.25, 0.3) is 0 Å². The molecule has 1 aromatic heterocycles. The Labute approximate surface area is 70.2 Å². The van der Waals surface area contributed by atoms with E-state index in [9.17, 15) is 8.42 Å². The summed E-state index contributed by atoms with van der Waals surface area (Å²) in [7, 11) is -2.26. The molecule has 5 nitrogen and oxygen atoms in total. The summed E-state index contributed by atoms with van der Waals surface area (Å²) in [5.41, 5.74) is 0. The second-order valence-corrected chi connectivity index (χ2v) is 3.64. The van der Waals surface area contributed by atoms with E-state index in [2.05, 4.69) is 4.98 Å². The third kappa shape index (κ3) is 1.93. The van der Waals surface area contributed by atoms with Gasteiger partial charge >= 0.3 is 0 Å². The van der Waals surface area contributed by atoms with Gasteiger partial charge in [0.1, 0.15) is 0 Å². The van der Waals surface area contributed by atoms with Crippen molar-refractivity contribution < 1.29 is 13.2 Å². The molecule has 0 fully saturated rings. The summed E-state index contributed by atoms with van der Waals surface area (Å²) < 4.78 is 26.3. The molecule has 0 spiro atoms. The molecule has 0 aromatic carbocycles. The average molecular weight is 188 g/mol. The number of aromatic nitrogens is 1. The molecule has 0 aliphatic rings. The smallest absolute Gasteiger partial charge is 0.238 e. The molecule has 66 valence electrons. The summed E-state index contributed by atoms with van der Waals surface area (Å²) in [6.45, 7) is 0. The van der Waals surface area contributed by atoms with E-state index in [1.807, 2.05) is 0 Å². The third-order valence-electron chi connectivity index (χ3n) is 1.24. The SMILES string of the molecule is COc1cc(S(N)(=O)=O)ccn1. The van der Waals surface area contributed by atoms with Gasteiger partial charge in [-0.25, -0.2) is 18.5 Å². The van der Waals surface area contributed by atoms with E-state index in [0.717, 1.165) is 0 Å². The fourth-order valence-corrected chi connectivity index (χ4v) is 1.20. The first kappa shape index (κ1) is 8.95. The Balaban J connectivity index is 3.20. The van der Waals surface area contributed by atoms with Crippen molar-refractivity contribution in [3.05, 3.63) is 18.3 Å². The average Bonchev–Trinajstić information content (AvgIpc) is 2.03. The van der Waals surface area contributed by atoms with Crippen molar-refractivity contribution >= 4 is 10.0 Å². The standard InChI is InChI=1S/C6H8N2O3S/c1-11-6-4-5(2-3-8-6)12(7,9)10/h2-4H,1H3,(H2,7,9,10). The maximum absolute atomic E-state index is 10.8. The van der Waals surface area contributed by atoms with Crippen LogP contribution >= 0.6 is 0 Å². The number of methoxy groups -OCH3 is 1. The fourth-order valence-electron chi connectivity index (χ4n) is 0.680. The Kier molecular flexibility index (Phi) is 2.30. The molecule has 0 bridgehead atoms. The van der Waals surface area contributed by atoms with Crippen LogP contribution in [0.1, 0.15) is 0 Å². The van der Waals surface area contributed by atoms with Crippen LogP contribution in [0.2, 0.25) is 0 Å². The summed E-state index contributed by atoms with van der Waals surface area (Å²) in [6.07, 6.45) is 1.32. The second kappa shape index (κ2) is 3.08. The third-order valence-corrected chi connectivity index (χ3v) is 2.15. The maximum Gasteiger partial charge on any atom is 0.238 e. The van der Waals surface area contributed by atoms with E-state index < -0.39 is 10.0 Å². The first-order chi connectivity index (χ1) is 5.54. The van der Waals surface area contributed by atoms with Gasteiger partial charge in [-0.05, 0) is 6.07 Å². The van der Waals surface area contributed by atoms with Crippen LogP contribution in [-0.2, 0) is 10.0 Å². The van der Waals surface area contributed by atoms with Crippen molar-refractivity contribution in [1.29, 1.82) is 0 Å². The largest absolute Gasteiger partial charge is 0.481 e. The molecule has 0 saturated carbocycles. The first-order valence-electron chi connectivity index (χ1n) is 3.07. The number of rotatable bonds is 2. The monoisotopic (exact) mass is 188 g/mol. The lowest BCUT2D eigenvalue weighted by atomic mass is 10.5. The van der Waals surface area contributed by atoms with Gasteiger partial charge in [-0.3, -0.25) is 0 Å². The van der Waals surface area contributed by atoms with Crippen LogP contribution in [-0.4, -0.2) is 20.5 Å². The molecule has 0 radical (unpaired) electrons. The number of primary sulfonamides is 1. The highest BCUT2D eigenvalue weighted by Gasteiger charge is 2.08. The minimum atomic E-state index is -3.66. The molecule has 0 amide bonds. The van der Waals surface area contributed by atoms with E-state index in [0.29, 0.717) is 0 Å². The van der Waals surface area contributed by atoms with E-state index in [1.54, 1.807) is 0 Å². The molecule has 0 saturated heterocycles. The number of hydrogen-bond donors (Lipinski definition) is 1. The summed E-state index contributed by atoms with van der Waals surface area (Å²) in [5, 5.41) is 4.87. The molecule has 12 heavy (non-hydrogen) atoms. The Morgan fingerprint density at radius 2 is 2.25 bits per heavy atom. The van der Waals surface area contributed by atoms with E-state index >= 15 is 0 Å². The molecular weight excluding hydrogens is 180 g/mol. The van der Waals surface area contributed by atoms with Crippen LogP contribution in [0.5, 0.6) is 5.88 Å². The Morgan fingerprint density at radius 1 is 1.58 bits per heavy atom. The molecular formula is C6H8N2O3S. The number of nitrogens with zero attached hydrogens (tertiary/aromatic N) is 1. The lowest BCUT2D eigenvalue weighted by Gasteiger charge is -1.99. The van der Waals surface area contributed by atoms with Gasteiger partial charge in [0.15, 0.2) is 0 Å². The summed E-state index contributed by atoms with van der Waals surface area (Å²) in [6, 6.07) is 2.56. The minimum absolute atomic E-state index is 0.00523. The van der Waals surface area contributed by atoms with Gasteiger partial charge in [0.25, 0.3) is 0 Å². The van der Waals surface area contributed by atoms with Gasteiger partial charge in [-0.15, -0.1) is 0 Å². The zero-order chi connectivity index (χ0) is 9.19. The van der Waals surface area contributed by atoms with Gasteiger partial charge in [0.2, 0.25) is 15.9 Å². The lowest BCUT2D eigenvalue weighted by Crippen LogP contribution is -2.12. The molecule has 0 aliphatic carbocycles. The van der Waals surface area contributed by atoms with Gasteiger partial charge < -0.3 is 4.74 Å². The summed E-state index contributed by atoms with van der Waals surface area (Å²) in [5.74, 6) is 0.224. The van der Waals surface area contributed by atoms with Crippen LogP contribution in [0, 0.1) is 0 Å². The molecule has 0 unspecified atom stereocenters. The molecule has 2 N–H and O–H groups in total. The number of pyridine rings is 1. The number of hydrogen-bond acceptors (Lipinski definition) is 4. The van der Waals surface area contributed by atoms with Crippen LogP contribution in [0.15, 0.2) is 23.2 Å². The quantitative estimate of drug-likeness (QED) is 0.693. The zero-order valence-corrected chi connectivity index (χ0v) is 7.21. The zero-order valence-electron chi connectivity index (χ0n) is 6.39. The summed E-state index contributed by atoms with van der Waals surface area (Å²) >= 11 is 0. The van der Waals surface area contributed by atoms with Crippen molar-refractivity contribution in [3.63, 3.8) is 0 Å². The van der Waals surface area contributed by atoms with Gasteiger partial charge in [-0.1, -0.05) is 0 Å².